The molecule has 49 heavy (non-hydrogen) atoms. The van der Waals surface area contributed by atoms with E-state index in [9.17, 15) is 59.4 Å². The summed E-state index contributed by atoms with van der Waals surface area (Å²) in [6, 6.07) is -0.483. The first-order chi connectivity index (χ1) is 23.1. The summed E-state index contributed by atoms with van der Waals surface area (Å²) in [5, 5.41) is 56.6. The molecule has 0 aromatic rings. The first kappa shape index (κ1) is 47.7. The maximum atomic E-state index is 11.6. The van der Waals surface area contributed by atoms with Crippen LogP contribution in [-0.2, 0) is 28.8 Å². The molecule has 18 nitrogen and oxygen atoms in total. The lowest BCUT2D eigenvalue weighted by Crippen LogP contribution is -2.51. The van der Waals surface area contributed by atoms with Gasteiger partial charge in [0, 0.05) is 78.0 Å². The first-order valence-corrected chi connectivity index (χ1v) is 16.7. The van der Waals surface area contributed by atoms with Crippen molar-refractivity contribution in [2.24, 2.45) is 0 Å². The summed E-state index contributed by atoms with van der Waals surface area (Å²) in [7, 11) is 0. The lowest BCUT2D eigenvalue weighted by Gasteiger charge is -2.35. The van der Waals surface area contributed by atoms with Crippen molar-refractivity contribution >= 4 is 35.8 Å². The van der Waals surface area contributed by atoms with Crippen molar-refractivity contribution in [3.8, 4) is 0 Å². The number of carboxylic acid groups (broad SMARTS) is 6. The van der Waals surface area contributed by atoms with Crippen molar-refractivity contribution in [3.63, 3.8) is 0 Å². The Kier molecular flexibility index (Phi) is 27.7. The maximum absolute atomic E-state index is 11.6. The largest absolute Gasteiger partial charge is 0.480 e. The molecule has 0 spiro atoms. The Morgan fingerprint density at radius 1 is 0.429 bits per heavy atom. The minimum Gasteiger partial charge on any atom is -0.480 e. The van der Waals surface area contributed by atoms with Gasteiger partial charge < -0.3 is 30.6 Å². The number of rotatable bonds is 13. The number of carboxylic acids is 6. The van der Waals surface area contributed by atoms with E-state index >= 15 is 0 Å². The predicted molar refractivity (Wildman–Crippen MR) is 181 cm³/mol. The molecule has 1 rings (SSSR count). The highest BCUT2D eigenvalue weighted by molar-refractivity contribution is 5.71. The second-order valence-electron chi connectivity index (χ2n) is 11.5. The Morgan fingerprint density at radius 3 is 0.898 bits per heavy atom. The average Bonchev–Trinajstić information content (AvgIpc) is 3.00. The second kappa shape index (κ2) is 28.4. The van der Waals surface area contributed by atoms with Gasteiger partial charge in [-0.05, 0) is 6.92 Å². The molecule has 0 aromatic carbocycles. The van der Waals surface area contributed by atoms with Gasteiger partial charge >= 0.3 is 35.8 Å². The van der Waals surface area contributed by atoms with Gasteiger partial charge in [-0.2, -0.15) is 0 Å². The number of unbranched alkanes of at least 4 members (excludes halogenated alkanes) is 1. The number of aliphatic carboxylic acids is 6. The van der Waals surface area contributed by atoms with Gasteiger partial charge in [-0.15, -0.1) is 0 Å². The van der Waals surface area contributed by atoms with Crippen molar-refractivity contribution < 1.29 is 59.4 Å². The van der Waals surface area contributed by atoms with Gasteiger partial charge in [-0.1, -0.05) is 40.5 Å². The molecule has 0 radical (unpaired) electrons. The molecular weight excluding hydrogens is 648 g/mol. The van der Waals surface area contributed by atoms with Crippen LogP contribution in [0.25, 0.3) is 0 Å². The molecule has 0 aliphatic carbocycles. The number of hydrogen-bond donors (Lipinski definition) is 6. The van der Waals surface area contributed by atoms with E-state index in [0.29, 0.717) is 0 Å². The zero-order valence-electron chi connectivity index (χ0n) is 29.8. The molecule has 0 amide bonds. The minimum atomic E-state index is -1.13. The van der Waals surface area contributed by atoms with Crippen LogP contribution in [0.4, 0.5) is 0 Å². The van der Waals surface area contributed by atoms with E-state index in [2.05, 4.69) is 13.8 Å². The van der Waals surface area contributed by atoms with Gasteiger partial charge in [0.2, 0.25) is 0 Å². The van der Waals surface area contributed by atoms with Crippen LogP contribution < -0.4 is 0 Å². The van der Waals surface area contributed by atoms with Crippen LogP contribution in [0.5, 0.6) is 0 Å². The minimum absolute atomic E-state index is 0.122. The van der Waals surface area contributed by atoms with Crippen LogP contribution in [0.3, 0.4) is 0 Å². The van der Waals surface area contributed by atoms with Crippen molar-refractivity contribution in [3.05, 3.63) is 0 Å². The van der Waals surface area contributed by atoms with Gasteiger partial charge in [0.1, 0.15) is 0 Å². The zero-order valence-corrected chi connectivity index (χ0v) is 29.8. The van der Waals surface area contributed by atoms with Crippen molar-refractivity contribution in [1.29, 1.82) is 0 Å². The van der Waals surface area contributed by atoms with Crippen molar-refractivity contribution in [2.45, 2.75) is 53.5 Å². The Hall–Kier alpha value is -3.42. The summed E-state index contributed by atoms with van der Waals surface area (Å²) in [6.45, 7) is 9.19. The van der Waals surface area contributed by atoms with Crippen LogP contribution in [-0.4, -0.2) is 213 Å². The summed E-state index contributed by atoms with van der Waals surface area (Å²) in [5.74, 6) is -6.77. The van der Waals surface area contributed by atoms with E-state index in [0.717, 1.165) is 0 Å². The third-order valence-corrected chi connectivity index (χ3v) is 7.41. The molecule has 1 aliphatic rings. The summed E-state index contributed by atoms with van der Waals surface area (Å²) in [6.07, 6.45) is 2.64. The Bertz CT molecular complexity index is 987. The fraction of sp³-hybridized carbons (Fsp3) is 0.806. The highest BCUT2D eigenvalue weighted by Crippen LogP contribution is 2.06. The SMILES string of the molecule is CC.CC1CN(CC(=O)O)CCN(CC(=O)O)CCN(CC(=O)O)CCN(CC(=O)O)CCN(CC(=O)O)CCN1CC(=O)O.CCCC. The van der Waals surface area contributed by atoms with E-state index in [1.165, 1.54) is 12.8 Å². The van der Waals surface area contributed by atoms with E-state index in [4.69, 9.17) is 0 Å². The van der Waals surface area contributed by atoms with Crippen LogP contribution in [0.2, 0.25) is 0 Å². The average molecular weight is 709 g/mol. The van der Waals surface area contributed by atoms with Gasteiger partial charge in [0.15, 0.2) is 0 Å². The van der Waals surface area contributed by atoms with E-state index in [1.807, 2.05) is 13.8 Å². The topological polar surface area (TPSA) is 243 Å². The molecule has 1 heterocycles. The summed E-state index contributed by atoms with van der Waals surface area (Å²) >= 11 is 0. The molecule has 0 saturated carbocycles. The van der Waals surface area contributed by atoms with Crippen LogP contribution in [0.1, 0.15) is 47.5 Å². The van der Waals surface area contributed by atoms with Gasteiger partial charge in [0.25, 0.3) is 0 Å². The lowest BCUT2D eigenvalue weighted by molar-refractivity contribution is -0.141. The summed E-state index contributed by atoms with van der Waals surface area (Å²) in [5.41, 5.74) is 0. The fourth-order valence-corrected chi connectivity index (χ4v) is 4.79. The van der Waals surface area contributed by atoms with Gasteiger partial charge in [-0.25, -0.2) is 0 Å². The highest BCUT2D eigenvalue weighted by Gasteiger charge is 2.24. The van der Waals surface area contributed by atoms with E-state index < -0.39 is 48.4 Å². The monoisotopic (exact) mass is 708 g/mol. The molecule has 18 heteroatoms. The third kappa shape index (κ3) is 27.1. The number of carbonyl (C=O) groups is 6. The fourth-order valence-electron chi connectivity index (χ4n) is 4.79. The molecule has 1 aliphatic heterocycles. The molecule has 1 atom stereocenters. The molecule has 0 bridgehead atoms. The lowest BCUT2D eigenvalue weighted by atomic mass is 10.2. The molecule has 1 unspecified atom stereocenters. The Morgan fingerprint density at radius 2 is 0.653 bits per heavy atom. The number of hydrogen-bond acceptors (Lipinski definition) is 12. The number of nitrogens with zero attached hydrogens (tertiary/aromatic N) is 6. The van der Waals surface area contributed by atoms with Gasteiger partial charge in [-0.3, -0.25) is 58.2 Å². The van der Waals surface area contributed by atoms with E-state index in [-0.39, 0.29) is 105 Å². The van der Waals surface area contributed by atoms with Crippen LogP contribution in [0, 0.1) is 0 Å². The van der Waals surface area contributed by atoms with E-state index in [1.54, 1.807) is 36.3 Å². The normalized spacial score (nSPS) is 19.2. The zero-order chi connectivity index (χ0) is 37.9. The third-order valence-electron chi connectivity index (χ3n) is 7.41. The highest BCUT2D eigenvalue weighted by atomic mass is 16.4. The Labute approximate surface area is 289 Å². The van der Waals surface area contributed by atoms with Gasteiger partial charge in [0.05, 0.1) is 39.3 Å². The Balaban J connectivity index is 0. The molecule has 1 fully saturated rings. The van der Waals surface area contributed by atoms with Crippen molar-refractivity contribution in [2.75, 3.05) is 111 Å². The molecule has 0 aromatic heterocycles. The van der Waals surface area contributed by atoms with Crippen LogP contribution >= 0.6 is 0 Å². The first-order valence-electron chi connectivity index (χ1n) is 16.7. The van der Waals surface area contributed by atoms with Crippen molar-refractivity contribution in [1.82, 2.24) is 29.4 Å². The molecule has 286 valence electrons. The molecule has 1 saturated heterocycles. The predicted octanol–water partition coefficient (Wildman–Crippen LogP) is -0.459. The smallest absolute Gasteiger partial charge is 0.317 e. The standard InChI is InChI=1S/C25H44N6O12.C4H10.C2H6/c1-19-12-30(17-24(40)41)9-8-28(15-22(36)37)5-4-26(13-20(32)33)2-3-27(14-21(34)35)6-7-29(16-23(38)39)10-11-31(19)18-25(42)43;1-3-4-2;1-2/h19H,2-18H2,1H3,(H,32,33)(H,34,35)(H,36,37)(H,38,39)(H,40,41)(H,42,43);3-4H2,1-2H3;1-2H3. The molecule has 6 N–H and O–H groups in total. The summed E-state index contributed by atoms with van der Waals surface area (Å²) < 4.78 is 0. The van der Waals surface area contributed by atoms with Crippen LogP contribution in [0.15, 0.2) is 0 Å². The quantitative estimate of drug-likeness (QED) is 0.142. The maximum Gasteiger partial charge on any atom is 0.317 e. The summed E-state index contributed by atoms with van der Waals surface area (Å²) in [4.78, 5) is 78.6. The molecular formula is C31H60N6O12. The second-order valence-corrected chi connectivity index (χ2v) is 11.5.